The summed E-state index contributed by atoms with van der Waals surface area (Å²) < 4.78 is 0. The number of rotatable bonds is 2. The molecule has 0 fully saturated rings. The van der Waals surface area contributed by atoms with E-state index in [-0.39, 0.29) is 5.78 Å². The van der Waals surface area contributed by atoms with Crippen LogP contribution < -0.4 is 0 Å². The van der Waals surface area contributed by atoms with Gasteiger partial charge in [0.1, 0.15) is 0 Å². The van der Waals surface area contributed by atoms with Crippen LogP contribution in [0.4, 0.5) is 0 Å². The van der Waals surface area contributed by atoms with Gasteiger partial charge in [0, 0.05) is 12.6 Å². The van der Waals surface area contributed by atoms with E-state index in [0.29, 0.717) is 6.42 Å². The smallest absolute Gasteiger partial charge is 0.160 e. The lowest BCUT2D eigenvalue weighted by Crippen LogP contribution is -2.06. The molecule has 0 spiro atoms. The Morgan fingerprint density at radius 1 is 1.47 bits per heavy atom. The van der Waals surface area contributed by atoms with Crippen LogP contribution in [-0.4, -0.2) is 10.8 Å². The van der Waals surface area contributed by atoms with Gasteiger partial charge >= 0.3 is 0 Å². The van der Waals surface area contributed by atoms with Gasteiger partial charge in [0.05, 0.1) is 5.69 Å². The number of hydrogen-bond donors (Lipinski definition) is 0. The zero-order chi connectivity index (χ0) is 10.7. The van der Waals surface area contributed by atoms with E-state index in [1.807, 2.05) is 18.3 Å². The molecule has 0 saturated carbocycles. The average Bonchev–Trinajstić information content (AvgIpc) is 2.25. The van der Waals surface area contributed by atoms with Gasteiger partial charge in [-0.25, -0.2) is 0 Å². The highest BCUT2D eigenvalue weighted by molar-refractivity contribution is 5.97. The van der Waals surface area contributed by atoms with E-state index < -0.39 is 0 Å². The minimum Gasteiger partial charge on any atom is -0.294 e. The van der Waals surface area contributed by atoms with Gasteiger partial charge in [-0.3, -0.25) is 9.78 Å². The summed E-state index contributed by atoms with van der Waals surface area (Å²) in [5, 5.41) is 0. The first-order valence-corrected chi connectivity index (χ1v) is 5.16. The van der Waals surface area contributed by atoms with E-state index in [1.165, 1.54) is 0 Å². The molecule has 2 heteroatoms. The zero-order valence-corrected chi connectivity index (χ0v) is 8.73. The molecule has 2 rings (SSSR count). The molecule has 0 radical (unpaired) electrons. The van der Waals surface area contributed by atoms with Crippen LogP contribution >= 0.6 is 0 Å². The van der Waals surface area contributed by atoms with E-state index in [9.17, 15) is 4.79 Å². The quantitative estimate of drug-likeness (QED) is 0.733. The van der Waals surface area contributed by atoms with Crippen LogP contribution in [0, 0.1) is 0 Å². The predicted molar refractivity (Wildman–Crippen MR) is 61.3 cm³/mol. The van der Waals surface area contributed by atoms with Gasteiger partial charge in [0.15, 0.2) is 5.78 Å². The zero-order valence-electron chi connectivity index (χ0n) is 8.73. The van der Waals surface area contributed by atoms with Crippen molar-refractivity contribution in [2.75, 3.05) is 0 Å². The lowest BCUT2D eigenvalue weighted by Gasteiger charge is -2.08. The molecule has 15 heavy (non-hydrogen) atoms. The number of carbonyl (C=O) groups excluding carboxylic acids is 1. The first kappa shape index (κ1) is 9.84. The molecule has 0 aromatic carbocycles. The number of fused-ring (bicyclic) bond motifs is 1. The Morgan fingerprint density at radius 2 is 2.33 bits per heavy atom. The Kier molecular flexibility index (Phi) is 2.77. The maximum atomic E-state index is 11.2. The summed E-state index contributed by atoms with van der Waals surface area (Å²) in [6.45, 7) is 2.09. The van der Waals surface area contributed by atoms with Crippen molar-refractivity contribution >= 4 is 17.9 Å². The highest BCUT2D eigenvalue weighted by atomic mass is 16.1. The fourth-order valence-electron chi connectivity index (χ4n) is 1.59. The topological polar surface area (TPSA) is 30.0 Å². The molecular formula is C13H13NO. The van der Waals surface area contributed by atoms with Gasteiger partial charge in [-0.15, -0.1) is 0 Å². The number of ketones is 1. The molecule has 1 aliphatic rings. The van der Waals surface area contributed by atoms with Crippen molar-refractivity contribution in [3.63, 3.8) is 0 Å². The summed E-state index contributed by atoms with van der Waals surface area (Å²) in [5.74, 6) is 0.154. The van der Waals surface area contributed by atoms with Crippen LogP contribution in [0.3, 0.4) is 0 Å². The van der Waals surface area contributed by atoms with Crippen LogP contribution in [0.2, 0.25) is 0 Å². The van der Waals surface area contributed by atoms with Crippen LogP contribution in [0.1, 0.15) is 30.2 Å². The Balaban J connectivity index is 2.34. The fraction of sp³-hybridized carbons (Fsp3) is 0.231. The summed E-state index contributed by atoms with van der Waals surface area (Å²) in [4.78, 5) is 15.5. The van der Waals surface area contributed by atoms with E-state index in [0.717, 1.165) is 23.2 Å². The van der Waals surface area contributed by atoms with Crippen LogP contribution in [0.25, 0.3) is 12.2 Å². The lowest BCUT2D eigenvalue weighted by atomic mass is 9.99. The van der Waals surface area contributed by atoms with Gasteiger partial charge in [0.25, 0.3) is 0 Å². The van der Waals surface area contributed by atoms with Crippen LogP contribution in [0.5, 0.6) is 0 Å². The molecule has 0 aliphatic heterocycles. The highest BCUT2D eigenvalue weighted by Crippen LogP contribution is 2.17. The first-order valence-electron chi connectivity index (χ1n) is 5.16. The maximum absolute atomic E-state index is 11.2. The second kappa shape index (κ2) is 4.22. The average molecular weight is 199 g/mol. The Bertz CT molecular complexity index is 444. The Morgan fingerprint density at radius 3 is 3.13 bits per heavy atom. The van der Waals surface area contributed by atoms with Crippen molar-refractivity contribution in [2.24, 2.45) is 0 Å². The van der Waals surface area contributed by atoms with E-state index in [4.69, 9.17) is 0 Å². The van der Waals surface area contributed by atoms with Gasteiger partial charge in [0.2, 0.25) is 0 Å². The van der Waals surface area contributed by atoms with Crippen molar-refractivity contribution in [1.29, 1.82) is 0 Å². The minimum absolute atomic E-state index is 0.154. The molecule has 0 amide bonds. The molecular weight excluding hydrogens is 186 g/mol. The molecule has 0 N–H and O–H groups in total. The third-order valence-electron chi connectivity index (χ3n) is 2.36. The predicted octanol–water partition coefficient (Wildman–Crippen LogP) is 2.64. The van der Waals surface area contributed by atoms with Gasteiger partial charge < -0.3 is 0 Å². The summed E-state index contributed by atoms with van der Waals surface area (Å²) in [6.07, 6.45) is 10.8. The van der Waals surface area contributed by atoms with E-state index in [1.54, 1.807) is 12.2 Å². The van der Waals surface area contributed by atoms with Crippen LogP contribution in [-0.2, 0) is 11.2 Å². The first-order chi connectivity index (χ1) is 7.29. The van der Waals surface area contributed by atoms with Crippen molar-refractivity contribution in [2.45, 2.75) is 19.8 Å². The molecule has 1 heterocycles. The maximum Gasteiger partial charge on any atom is 0.160 e. The SMILES string of the molecule is CC/C=C/c1cnc2c(c1)CC(=O)C=C2. The van der Waals surface area contributed by atoms with Gasteiger partial charge in [-0.05, 0) is 35.8 Å². The van der Waals surface area contributed by atoms with Crippen molar-refractivity contribution in [3.8, 4) is 0 Å². The highest BCUT2D eigenvalue weighted by Gasteiger charge is 2.10. The number of aromatic nitrogens is 1. The number of pyridine rings is 1. The summed E-state index contributed by atoms with van der Waals surface area (Å²) in [7, 11) is 0. The molecule has 2 nitrogen and oxygen atoms in total. The largest absolute Gasteiger partial charge is 0.294 e. The summed E-state index contributed by atoms with van der Waals surface area (Å²) >= 11 is 0. The third-order valence-corrected chi connectivity index (χ3v) is 2.36. The van der Waals surface area contributed by atoms with E-state index >= 15 is 0 Å². The molecule has 0 unspecified atom stereocenters. The third kappa shape index (κ3) is 2.21. The number of carbonyl (C=O) groups is 1. The Labute approximate surface area is 89.3 Å². The van der Waals surface area contributed by atoms with Crippen LogP contribution in [0.15, 0.2) is 24.4 Å². The van der Waals surface area contributed by atoms with Crippen molar-refractivity contribution in [1.82, 2.24) is 4.98 Å². The number of nitrogens with zero attached hydrogens (tertiary/aromatic N) is 1. The second-order valence-electron chi connectivity index (χ2n) is 3.60. The Hall–Kier alpha value is -1.70. The normalized spacial score (nSPS) is 14.6. The fourth-order valence-corrected chi connectivity index (χ4v) is 1.59. The summed E-state index contributed by atoms with van der Waals surface area (Å²) in [6, 6.07) is 2.04. The summed E-state index contributed by atoms with van der Waals surface area (Å²) in [5.41, 5.74) is 3.02. The number of allylic oxidation sites excluding steroid dienone is 2. The van der Waals surface area contributed by atoms with Crippen molar-refractivity contribution < 1.29 is 4.79 Å². The minimum atomic E-state index is 0.154. The van der Waals surface area contributed by atoms with E-state index in [2.05, 4.69) is 18.0 Å². The standard InChI is InChI=1S/C13H13NO/c1-2-3-4-10-7-11-8-12(15)5-6-13(11)14-9-10/h3-7,9H,2,8H2,1H3/b4-3+. The van der Waals surface area contributed by atoms with Gasteiger partial charge in [-0.1, -0.05) is 19.1 Å². The molecule has 0 bridgehead atoms. The molecule has 0 saturated heterocycles. The molecule has 76 valence electrons. The van der Waals surface area contributed by atoms with Crippen molar-refractivity contribution in [3.05, 3.63) is 41.2 Å². The second-order valence-corrected chi connectivity index (χ2v) is 3.60. The lowest BCUT2D eigenvalue weighted by molar-refractivity contribution is -0.114. The molecule has 1 aromatic rings. The molecule has 1 aliphatic carbocycles. The molecule has 1 aromatic heterocycles. The monoisotopic (exact) mass is 199 g/mol. The van der Waals surface area contributed by atoms with Gasteiger partial charge in [-0.2, -0.15) is 0 Å². The number of hydrogen-bond acceptors (Lipinski definition) is 2. The molecule has 0 atom stereocenters.